The Kier molecular flexibility index (Phi) is 5.02. The highest BCUT2D eigenvalue weighted by atomic mass is 16.5. The number of hydrogen-bond acceptors (Lipinski definition) is 4. The van der Waals surface area contributed by atoms with E-state index in [4.69, 9.17) is 10.5 Å². The summed E-state index contributed by atoms with van der Waals surface area (Å²) in [4.78, 5) is 4.81. The zero-order valence-corrected chi connectivity index (χ0v) is 13.0. The highest BCUT2D eigenvalue weighted by Crippen LogP contribution is 2.30. The van der Waals surface area contributed by atoms with E-state index in [9.17, 15) is 0 Å². The van der Waals surface area contributed by atoms with Crippen molar-refractivity contribution in [2.45, 2.75) is 31.5 Å². The maximum absolute atomic E-state index is 6.27. The summed E-state index contributed by atoms with van der Waals surface area (Å²) in [5.41, 5.74) is 7.51. The third kappa shape index (κ3) is 3.32. The minimum atomic E-state index is 0.100. The Labute approximate surface area is 122 Å². The number of likely N-dealkylation sites (N-methyl/N-ethyl adjacent to an activating group) is 1. The van der Waals surface area contributed by atoms with Gasteiger partial charge in [-0.1, -0.05) is 12.1 Å². The van der Waals surface area contributed by atoms with E-state index in [2.05, 4.69) is 43.0 Å². The first kappa shape index (κ1) is 15.3. The Balaban J connectivity index is 2.19. The number of ether oxygens (including phenoxy) is 1. The number of nitrogens with two attached hydrogens (primary N) is 1. The number of rotatable bonds is 5. The van der Waals surface area contributed by atoms with Gasteiger partial charge in [-0.2, -0.15) is 0 Å². The first-order valence-electron chi connectivity index (χ1n) is 7.33. The molecule has 20 heavy (non-hydrogen) atoms. The van der Waals surface area contributed by atoms with Crippen LogP contribution in [0.5, 0.6) is 5.75 Å². The largest absolute Gasteiger partial charge is 0.497 e. The van der Waals surface area contributed by atoms with Gasteiger partial charge in [0.15, 0.2) is 0 Å². The SMILES string of the molecule is COc1cccc(C(C(C)N)N2CCC(N(C)C)C2)c1. The molecule has 0 amide bonds. The van der Waals surface area contributed by atoms with E-state index < -0.39 is 0 Å². The number of nitrogens with zero attached hydrogens (tertiary/aromatic N) is 2. The van der Waals surface area contributed by atoms with E-state index in [1.807, 2.05) is 12.1 Å². The summed E-state index contributed by atoms with van der Waals surface area (Å²) in [6.07, 6.45) is 1.21. The van der Waals surface area contributed by atoms with E-state index in [0.29, 0.717) is 6.04 Å². The topological polar surface area (TPSA) is 41.7 Å². The van der Waals surface area contributed by atoms with Gasteiger partial charge in [0.25, 0.3) is 0 Å². The fraction of sp³-hybridized carbons (Fsp3) is 0.625. The van der Waals surface area contributed by atoms with Gasteiger partial charge in [0.05, 0.1) is 7.11 Å². The molecule has 4 nitrogen and oxygen atoms in total. The van der Waals surface area contributed by atoms with E-state index in [0.717, 1.165) is 18.8 Å². The lowest BCUT2D eigenvalue weighted by molar-refractivity contribution is 0.197. The van der Waals surface area contributed by atoms with Gasteiger partial charge in [0.1, 0.15) is 5.75 Å². The van der Waals surface area contributed by atoms with Crippen molar-refractivity contribution in [1.82, 2.24) is 9.80 Å². The van der Waals surface area contributed by atoms with Gasteiger partial charge < -0.3 is 15.4 Å². The summed E-state index contributed by atoms with van der Waals surface area (Å²) in [6, 6.07) is 9.27. The molecule has 0 radical (unpaired) electrons. The van der Waals surface area contributed by atoms with Crippen LogP contribution in [0.3, 0.4) is 0 Å². The molecule has 0 spiro atoms. The second kappa shape index (κ2) is 6.57. The molecule has 0 bridgehead atoms. The minimum Gasteiger partial charge on any atom is -0.497 e. The van der Waals surface area contributed by atoms with Gasteiger partial charge in [-0.25, -0.2) is 0 Å². The molecule has 2 rings (SSSR count). The molecule has 1 saturated heterocycles. The molecule has 1 aromatic carbocycles. The van der Waals surface area contributed by atoms with Crippen molar-refractivity contribution >= 4 is 0 Å². The summed E-state index contributed by atoms with van der Waals surface area (Å²) in [6.45, 7) is 4.27. The monoisotopic (exact) mass is 277 g/mol. The van der Waals surface area contributed by atoms with E-state index in [-0.39, 0.29) is 12.1 Å². The molecule has 1 fully saturated rings. The van der Waals surface area contributed by atoms with E-state index in [1.54, 1.807) is 7.11 Å². The predicted octanol–water partition coefficient (Wildman–Crippen LogP) is 1.72. The molecule has 1 heterocycles. The highest BCUT2D eigenvalue weighted by Gasteiger charge is 2.32. The van der Waals surface area contributed by atoms with Crippen molar-refractivity contribution in [3.8, 4) is 5.75 Å². The smallest absolute Gasteiger partial charge is 0.119 e. The molecule has 1 aromatic rings. The Morgan fingerprint density at radius 3 is 2.70 bits per heavy atom. The van der Waals surface area contributed by atoms with Crippen LogP contribution in [-0.4, -0.2) is 56.2 Å². The summed E-state index contributed by atoms with van der Waals surface area (Å²) < 4.78 is 5.34. The minimum absolute atomic E-state index is 0.100. The molecule has 2 N–H and O–H groups in total. The van der Waals surface area contributed by atoms with E-state index in [1.165, 1.54) is 12.0 Å². The van der Waals surface area contributed by atoms with Gasteiger partial charge in [0, 0.05) is 31.2 Å². The third-order valence-electron chi connectivity index (χ3n) is 4.25. The fourth-order valence-corrected chi connectivity index (χ4v) is 3.11. The molecule has 3 unspecified atom stereocenters. The number of methoxy groups -OCH3 is 1. The predicted molar refractivity (Wildman–Crippen MR) is 83.0 cm³/mol. The van der Waals surface area contributed by atoms with E-state index >= 15 is 0 Å². The van der Waals surface area contributed by atoms with Crippen molar-refractivity contribution in [3.63, 3.8) is 0 Å². The molecular formula is C16H27N3O. The molecule has 0 aliphatic carbocycles. The quantitative estimate of drug-likeness (QED) is 0.890. The Morgan fingerprint density at radius 1 is 1.40 bits per heavy atom. The average molecular weight is 277 g/mol. The van der Waals surface area contributed by atoms with Crippen LogP contribution in [0.4, 0.5) is 0 Å². The van der Waals surface area contributed by atoms with Crippen LogP contribution in [0.2, 0.25) is 0 Å². The van der Waals surface area contributed by atoms with Crippen LogP contribution in [0.15, 0.2) is 24.3 Å². The number of hydrogen-bond donors (Lipinski definition) is 1. The van der Waals surface area contributed by atoms with Crippen molar-refractivity contribution < 1.29 is 4.74 Å². The zero-order chi connectivity index (χ0) is 14.7. The lowest BCUT2D eigenvalue weighted by Crippen LogP contribution is -2.40. The molecular weight excluding hydrogens is 250 g/mol. The maximum atomic E-state index is 6.27. The molecule has 0 saturated carbocycles. The molecule has 3 atom stereocenters. The van der Waals surface area contributed by atoms with Crippen LogP contribution in [-0.2, 0) is 0 Å². The lowest BCUT2D eigenvalue weighted by atomic mass is 9.99. The third-order valence-corrected chi connectivity index (χ3v) is 4.25. The Morgan fingerprint density at radius 2 is 2.15 bits per heavy atom. The Bertz CT molecular complexity index is 433. The average Bonchev–Trinajstić information content (AvgIpc) is 2.88. The van der Waals surface area contributed by atoms with Crippen molar-refractivity contribution in [2.75, 3.05) is 34.3 Å². The van der Waals surface area contributed by atoms with Crippen LogP contribution < -0.4 is 10.5 Å². The van der Waals surface area contributed by atoms with Gasteiger partial charge in [-0.05, 0) is 45.1 Å². The summed E-state index contributed by atoms with van der Waals surface area (Å²) in [5, 5.41) is 0. The van der Waals surface area contributed by atoms with Crippen LogP contribution in [0.25, 0.3) is 0 Å². The van der Waals surface area contributed by atoms with Crippen molar-refractivity contribution in [1.29, 1.82) is 0 Å². The fourth-order valence-electron chi connectivity index (χ4n) is 3.11. The van der Waals surface area contributed by atoms with Crippen LogP contribution >= 0.6 is 0 Å². The molecule has 1 aliphatic rings. The van der Waals surface area contributed by atoms with Gasteiger partial charge in [0.2, 0.25) is 0 Å². The zero-order valence-electron chi connectivity index (χ0n) is 13.0. The first-order chi connectivity index (χ1) is 9.52. The summed E-state index contributed by atoms with van der Waals surface area (Å²) in [5.74, 6) is 0.900. The van der Waals surface area contributed by atoms with Crippen molar-refractivity contribution in [3.05, 3.63) is 29.8 Å². The normalized spacial score (nSPS) is 23.0. The second-order valence-corrected chi connectivity index (χ2v) is 5.98. The molecule has 0 aromatic heterocycles. The van der Waals surface area contributed by atoms with Crippen LogP contribution in [0, 0.1) is 0 Å². The maximum Gasteiger partial charge on any atom is 0.119 e. The second-order valence-electron chi connectivity index (χ2n) is 5.98. The lowest BCUT2D eigenvalue weighted by Gasteiger charge is -2.32. The standard InChI is InChI=1S/C16H27N3O/c1-12(17)16(13-6-5-7-15(10-13)20-4)19-9-8-14(11-19)18(2)3/h5-7,10,12,14,16H,8-9,11,17H2,1-4H3. The van der Waals surface area contributed by atoms with Gasteiger partial charge in [-0.3, -0.25) is 4.90 Å². The van der Waals surface area contributed by atoms with Gasteiger partial charge >= 0.3 is 0 Å². The first-order valence-corrected chi connectivity index (χ1v) is 7.33. The molecule has 4 heteroatoms. The number of benzene rings is 1. The molecule has 1 aliphatic heterocycles. The summed E-state index contributed by atoms with van der Waals surface area (Å²) >= 11 is 0. The Hall–Kier alpha value is -1.10. The molecule has 112 valence electrons. The van der Waals surface area contributed by atoms with Gasteiger partial charge in [-0.15, -0.1) is 0 Å². The number of likely N-dealkylation sites (tertiary alicyclic amines) is 1. The van der Waals surface area contributed by atoms with Crippen molar-refractivity contribution in [2.24, 2.45) is 5.73 Å². The van der Waals surface area contributed by atoms with Crippen LogP contribution in [0.1, 0.15) is 24.9 Å². The highest BCUT2D eigenvalue weighted by molar-refractivity contribution is 5.31. The summed E-state index contributed by atoms with van der Waals surface area (Å²) in [7, 11) is 6.01.